The van der Waals surface area contributed by atoms with Crippen LogP contribution in [-0.2, 0) is 14.3 Å². The number of hydrogen-bond acceptors (Lipinski definition) is 6. The highest BCUT2D eigenvalue weighted by Crippen LogP contribution is 2.08. The number of rotatable bonds is 12. The number of nitrogens with zero attached hydrogens (tertiary/aromatic N) is 1. The van der Waals surface area contributed by atoms with Crippen LogP contribution in [-0.4, -0.2) is 72.2 Å². The van der Waals surface area contributed by atoms with Crippen molar-refractivity contribution in [3.63, 3.8) is 0 Å². The molecule has 0 aliphatic heterocycles. The number of carbonyl (C=O) groups is 4. The minimum absolute atomic E-state index is 0.120. The maximum Gasteiger partial charge on any atom is 0.410 e. The molecule has 0 aliphatic rings. The van der Waals surface area contributed by atoms with E-state index in [-0.39, 0.29) is 19.6 Å². The summed E-state index contributed by atoms with van der Waals surface area (Å²) >= 11 is 0. The van der Waals surface area contributed by atoms with Crippen LogP contribution in [0.4, 0.5) is 18.8 Å². The molecule has 3 amide bonds. The first-order valence-electron chi connectivity index (χ1n) is 9.11. The Balaban J connectivity index is 4.62. The van der Waals surface area contributed by atoms with Crippen molar-refractivity contribution in [2.75, 3.05) is 26.2 Å². The van der Waals surface area contributed by atoms with Crippen LogP contribution in [0.25, 0.3) is 0 Å². The number of unbranched alkanes of at least 4 members (excludes halogenated alkanes) is 1. The third-order valence-corrected chi connectivity index (χ3v) is 3.31. The Kier molecular flexibility index (Phi) is 12.0. The molecule has 1 unspecified atom stereocenters. The Labute approximate surface area is 169 Å². The summed E-state index contributed by atoms with van der Waals surface area (Å²) < 4.78 is 22.7. The topological polar surface area (TPSA) is 134 Å². The Bertz CT molecular complexity index is 578. The lowest BCUT2D eigenvalue weighted by atomic mass is 10.1. The van der Waals surface area contributed by atoms with Crippen molar-refractivity contribution in [3.8, 4) is 0 Å². The van der Waals surface area contributed by atoms with Crippen molar-refractivity contribution < 1.29 is 38.1 Å². The summed E-state index contributed by atoms with van der Waals surface area (Å²) in [6.45, 7) is 7.85. The number of carboxylic acids is 1. The molecule has 0 fully saturated rings. The molecule has 0 rings (SSSR count). The molecule has 0 saturated carbocycles. The standard InChI is InChI=1S/C18H30FN3O7/c1-5-10-28-17(27)22(12-14(23)24)11-13(21-15(19)25)8-6-7-9-20-16(26)29-18(2,3)4/h5,13H,1,6-12H2,2-4H3,(H,20,26)(H,21,25)(H,23,24). The lowest BCUT2D eigenvalue weighted by Crippen LogP contribution is -2.46. The normalized spacial score (nSPS) is 11.7. The molecular formula is C18H30FN3O7. The van der Waals surface area contributed by atoms with Gasteiger partial charge in [0.2, 0.25) is 0 Å². The fourth-order valence-electron chi connectivity index (χ4n) is 2.24. The molecule has 0 heterocycles. The minimum Gasteiger partial charge on any atom is -0.480 e. The highest BCUT2D eigenvalue weighted by Gasteiger charge is 2.23. The molecule has 0 aromatic heterocycles. The second-order valence-corrected chi connectivity index (χ2v) is 7.18. The number of aliphatic carboxylic acids is 1. The van der Waals surface area contributed by atoms with E-state index in [1.165, 1.54) is 6.08 Å². The van der Waals surface area contributed by atoms with Crippen molar-refractivity contribution in [2.45, 2.75) is 51.7 Å². The van der Waals surface area contributed by atoms with Gasteiger partial charge in [0.15, 0.2) is 0 Å². The smallest absolute Gasteiger partial charge is 0.410 e. The average molecular weight is 419 g/mol. The molecule has 0 radical (unpaired) electrons. The van der Waals surface area contributed by atoms with Gasteiger partial charge in [0.25, 0.3) is 0 Å². The van der Waals surface area contributed by atoms with Gasteiger partial charge in [0, 0.05) is 19.1 Å². The molecule has 1 atom stereocenters. The van der Waals surface area contributed by atoms with Crippen LogP contribution in [0, 0.1) is 0 Å². The van der Waals surface area contributed by atoms with E-state index in [1.807, 2.05) is 5.32 Å². The first-order chi connectivity index (χ1) is 13.4. The van der Waals surface area contributed by atoms with Crippen LogP contribution in [0.1, 0.15) is 40.0 Å². The molecule has 0 aromatic carbocycles. The summed E-state index contributed by atoms with van der Waals surface area (Å²) in [7, 11) is 0. The van der Waals surface area contributed by atoms with Crippen molar-refractivity contribution in [3.05, 3.63) is 12.7 Å². The van der Waals surface area contributed by atoms with Gasteiger partial charge in [0.05, 0.1) is 0 Å². The van der Waals surface area contributed by atoms with E-state index in [0.29, 0.717) is 19.4 Å². The highest BCUT2D eigenvalue weighted by molar-refractivity contribution is 5.77. The molecule has 0 saturated heterocycles. The Morgan fingerprint density at radius 2 is 1.90 bits per heavy atom. The SMILES string of the molecule is C=CCOC(=O)N(CC(=O)O)CC(CCCCNC(=O)OC(C)(C)C)NC(=O)F. The van der Waals surface area contributed by atoms with Gasteiger partial charge in [-0.15, -0.1) is 4.39 Å². The van der Waals surface area contributed by atoms with E-state index in [2.05, 4.69) is 11.9 Å². The zero-order valence-corrected chi connectivity index (χ0v) is 17.0. The zero-order valence-electron chi connectivity index (χ0n) is 17.0. The maximum atomic E-state index is 12.8. The molecule has 29 heavy (non-hydrogen) atoms. The molecule has 0 bridgehead atoms. The quantitative estimate of drug-likeness (QED) is 0.191. The van der Waals surface area contributed by atoms with E-state index in [4.69, 9.17) is 14.6 Å². The summed E-state index contributed by atoms with van der Waals surface area (Å²) in [5, 5.41) is 13.6. The van der Waals surface area contributed by atoms with E-state index in [9.17, 15) is 23.6 Å². The van der Waals surface area contributed by atoms with E-state index in [0.717, 1.165) is 4.90 Å². The summed E-state index contributed by atoms with van der Waals surface area (Å²) in [5.74, 6) is -1.28. The number of hydrogen-bond donors (Lipinski definition) is 3. The lowest BCUT2D eigenvalue weighted by Gasteiger charge is -2.25. The van der Waals surface area contributed by atoms with Gasteiger partial charge in [-0.2, -0.15) is 0 Å². The van der Waals surface area contributed by atoms with E-state index < -0.39 is 42.5 Å². The Morgan fingerprint density at radius 1 is 1.24 bits per heavy atom. The van der Waals surface area contributed by atoms with Gasteiger partial charge in [-0.05, 0) is 40.0 Å². The molecular weight excluding hydrogens is 389 g/mol. The number of nitrogens with one attached hydrogen (secondary N) is 2. The van der Waals surface area contributed by atoms with Gasteiger partial charge < -0.3 is 25.2 Å². The van der Waals surface area contributed by atoms with Gasteiger partial charge in [-0.25, -0.2) is 14.4 Å². The van der Waals surface area contributed by atoms with Crippen molar-refractivity contribution in [1.82, 2.24) is 15.5 Å². The molecule has 166 valence electrons. The molecule has 10 nitrogen and oxygen atoms in total. The number of carboxylic acid groups (broad SMARTS) is 1. The zero-order chi connectivity index (χ0) is 22.4. The predicted octanol–water partition coefficient (Wildman–Crippen LogP) is 2.44. The number of alkyl carbamates (subject to hydrolysis) is 1. The van der Waals surface area contributed by atoms with Gasteiger partial charge in [0.1, 0.15) is 18.8 Å². The summed E-state index contributed by atoms with van der Waals surface area (Å²) in [6, 6.07) is -0.829. The first kappa shape index (κ1) is 26.1. The molecule has 3 N–H and O–H groups in total. The van der Waals surface area contributed by atoms with E-state index in [1.54, 1.807) is 20.8 Å². The number of carbonyl (C=O) groups excluding carboxylic acids is 3. The third kappa shape index (κ3) is 14.8. The second-order valence-electron chi connectivity index (χ2n) is 7.18. The van der Waals surface area contributed by atoms with E-state index >= 15 is 0 Å². The van der Waals surface area contributed by atoms with Crippen LogP contribution in [0.5, 0.6) is 0 Å². The van der Waals surface area contributed by atoms with Crippen LogP contribution in [0.2, 0.25) is 0 Å². The molecule has 0 aromatic rings. The fraction of sp³-hybridized carbons (Fsp3) is 0.667. The van der Waals surface area contributed by atoms with Crippen LogP contribution >= 0.6 is 0 Å². The maximum absolute atomic E-state index is 12.8. The van der Waals surface area contributed by atoms with Crippen molar-refractivity contribution in [1.29, 1.82) is 0 Å². The Hall–Kier alpha value is -2.85. The number of amides is 3. The lowest BCUT2D eigenvalue weighted by molar-refractivity contribution is -0.138. The molecule has 11 heteroatoms. The average Bonchev–Trinajstić information content (AvgIpc) is 2.56. The van der Waals surface area contributed by atoms with Crippen molar-refractivity contribution in [2.24, 2.45) is 0 Å². The van der Waals surface area contributed by atoms with Gasteiger partial charge in [-0.3, -0.25) is 9.69 Å². The highest BCUT2D eigenvalue weighted by atomic mass is 19.1. The van der Waals surface area contributed by atoms with Gasteiger partial charge in [-0.1, -0.05) is 12.7 Å². The summed E-state index contributed by atoms with van der Waals surface area (Å²) in [4.78, 5) is 46.1. The van der Waals surface area contributed by atoms with Crippen LogP contribution in [0.15, 0.2) is 12.7 Å². The van der Waals surface area contributed by atoms with Crippen molar-refractivity contribution >= 4 is 24.3 Å². The van der Waals surface area contributed by atoms with Gasteiger partial charge >= 0.3 is 24.3 Å². The summed E-state index contributed by atoms with van der Waals surface area (Å²) in [6.07, 6.45) is -0.759. The molecule has 0 spiro atoms. The largest absolute Gasteiger partial charge is 0.480 e. The second kappa shape index (κ2) is 13.3. The first-order valence-corrected chi connectivity index (χ1v) is 9.11. The monoisotopic (exact) mass is 419 g/mol. The van der Waals surface area contributed by atoms with Crippen LogP contribution < -0.4 is 10.6 Å². The van der Waals surface area contributed by atoms with Crippen LogP contribution in [0.3, 0.4) is 0 Å². The number of ether oxygens (including phenoxy) is 2. The predicted molar refractivity (Wildman–Crippen MR) is 102 cm³/mol. The third-order valence-electron chi connectivity index (χ3n) is 3.31. The summed E-state index contributed by atoms with van der Waals surface area (Å²) in [5.41, 5.74) is -0.617. The number of halogens is 1. The molecule has 0 aliphatic carbocycles. The minimum atomic E-state index is -1.79. The fourth-order valence-corrected chi connectivity index (χ4v) is 2.24. The Morgan fingerprint density at radius 3 is 2.41 bits per heavy atom.